The van der Waals surface area contributed by atoms with Gasteiger partial charge in [0.2, 0.25) is 0 Å². The summed E-state index contributed by atoms with van der Waals surface area (Å²) in [6, 6.07) is 0. The summed E-state index contributed by atoms with van der Waals surface area (Å²) in [6.07, 6.45) is 6.29. The van der Waals surface area contributed by atoms with Crippen molar-refractivity contribution in [2.75, 3.05) is 0 Å². The smallest absolute Gasteiger partial charge is 0.157 e. The summed E-state index contributed by atoms with van der Waals surface area (Å²) < 4.78 is 0. The van der Waals surface area contributed by atoms with E-state index in [9.17, 15) is 10.2 Å². The highest BCUT2D eigenvalue weighted by Gasteiger charge is 2.53. The highest BCUT2D eigenvalue weighted by Crippen LogP contribution is 2.60. The zero-order chi connectivity index (χ0) is 9.05. The number of aliphatic hydroxyl groups is 2. The van der Waals surface area contributed by atoms with Crippen LogP contribution in [0.3, 0.4) is 0 Å². The Labute approximate surface area is 79.0 Å². The molecule has 0 heterocycles. The Morgan fingerprint density at radius 2 is 1.23 bits per heavy atom. The van der Waals surface area contributed by atoms with E-state index in [1.165, 1.54) is 19.3 Å². The molecular weight excluding hydrogens is 164 g/mol. The van der Waals surface area contributed by atoms with Crippen molar-refractivity contribution in [2.45, 2.75) is 44.8 Å². The zero-order valence-electron chi connectivity index (χ0n) is 7.95. The van der Waals surface area contributed by atoms with Gasteiger partial charge >= 0.3 is 0 Å². The molecule has 0 unspecified atom stereocenters. The summed E-state index contributed by atoms with van der Waals surface area (Å²) >= 11 is 0. The van der Waals surface area contributed by atoms with Gasteiger partial charge in [0.25, 0.3) is 0 Å². The zero-order valence-corrected chi connectivity index (χ0v) is 7.95. The predicted octanol–water partition coefficient (Wildman–Crippen LogP) is 1.51. The highest BCUT2D eigenvalue weighted by atomic mass is 16.5. The Morgan fingerprint density at radius 1 is 0.846 bits per heavy atom. The van der Waals surface area contributed by atoms with Crippen molar-refractivity contribution in [1.82, 2.24) is 0 Å². The van der Waals surface area contributed by atoms with Gasteiger partial charge in [-0.15, -0.1) is 0 Å². The molecule has 2 N–H and O–H groups in total. The Balaban J connectivity index is 1.91. The van der Waals surface area contributed by atoms with Crippen LogP contribution in [0.1, 0.15) is 38.5 Å². The minimum Gasteiger partial charge on any atom is -0.368 e. The van der Waals surface area contributed by atoms with E-state index in [0.717, 1.165) is 37.0 Å². The normalized spacial score (nSPS) is 53.3. The van der Waals surface area contributed by atoms with E-state index in [1.807, 2.05) is 0 Å². The van der Waals surface area contributed by atoms with Gasteiger partial charge in [0, 0.05) is 5.41 Å². The molecule has 0 aliphatic heterocycles. The molecule has 0 spiro atoms. The van der Waals surface area contributed by atoms with Crippen molar-refractivity contribution < 1.29 is 10.2 Å². The third-order valence-corrected chi connectivity index (χ3v) is 4.63. The highest BCUT2D eigenvalue weighted by molar-refractivity contribution is 5.02. The Hall–Kier alpha value is -0.0800. The van der Waals surface area contributed by atoms with Crippen LogP contribution >= 0.6 is 0 Å². The van der Waals surface area contributed by atoms with Gasteiger partial charge in [0.05, 0.1) is 0 Å². The molecule has 4 aliphatic carbocycles. The topological polar surface area (TPSA) is 40.5 Å². The van der Waals surface area contributed by atoms with Gasteiger partial charge in [-0.05, 0) is 56.3 Å². The Bertz CT molecular complexity index is 187. The first kappa shape index (κ1) is 8.25. The molecule has 0 radical (unpaired) electrons. The standard InChI is InChI=1S/C11H18O2/c12-10(13)11-4-7-1-8(5-11)3-9(2-7)6-11/h7-10,12-13H,1-6H2. The Kier molecular flexibility index (Phi) is 1.58. The van der Waals surface area contributed by atoms with E-state index in [4.69, 9.17) is 0 Å². The van der Waals surface area contributed by atoms with Crippen molar-refractivity contribution in [3.05, 3.63) is 0 Å². The molecule has 0 aromatic heterocycles. The number of rotatable bonds is 1. The molecule has 0 amide bonds. The lowest BCUT2D eigenvalue weighted by Crippen LogP contribution is -2.51. The molecule has 0 aromatic carbocycles. The molecule has 0 atom stereocenters. The van der Waals surface area contributed by atoms with E-state index in [2.05, 4.69) is 0 Å². The van der Waals surface area contributed by atoms with Gasteiger partial charge in [-0.2, -0.15) is 0 Å². The first-order valence-electron chi connectivity index (χ1n) is 5.54. The minimum absolute atomic E-state index is 0.0885. The summed E-state index contributed by atoms with van der Waals surface area (Å²) in [5.41, 5.74) is -0.0885. The SMILES string of the molecule is OC(O)C12CC3CC(CC(C3)C1)C2. The summed E-state index contributed by atoms with van der Waals surface area (Å²) in [7, 11) is 0. The quantitative estimate of drug-likeness (QED) is 0.603. The number of hydrogen-bond donors (Lipinski definition) is 2. The molecule has 0 aromatic rings. The van der Waals surface area contributed by atoms with Crippen LogP contribution in [0.4, 0.5) is 0 Å². The van der Waals surface area contributed by atoms with Crippen LogP contribution < -0.4 is 0 Å². The van der Waals surface area contributed by atoms with Crippen molar-refractivity contribution >= 4 is 0 Å². The average molecular weight is 182 g/mol. The third-order valence-electron chi connectivity index (χ3n) is 4.63. The minimum atomic E-state index is -1.05. The number of aliphatic hydroxyl groups excluding tert-OH is 1. The predicted molar refractivity (Wildman–Crippen MR) is 48.8 cm³/mol. The fraction of sp³-hybridized carbons (Fsp3) is 1.00. The van der Waals surface area contributed by atoms with Crippen molar-refractivity contribution in [3.63, 3.8) is 0 Å². The van der Waals surface area contributed by atoms with Crippen LogP contribution in [0, 0.1) is 23.2 Å². The molecule has 13 heavy (non-hydrogen) atoms. The lowest BCUT2D eigenvalue weighted by Gasteiger charge is -2.57. The Morgan fingerprint density at radius 3 is 1.54 bits per heavy atom. The molecule has 2 nitrogen and oxygen atoms in total. The number of hydrogen-bond acceptors (Lipinski definition) is 2. The summed E-state index contributed by atoms with van der Waals surface area (Å²) in [5.74, 6) is 2.44. The molecule has 4 aliphatic rings. The second kappa shape index (κ2) is 2.48. The second-order valence-corrected chi connectivity index (χ2v) is 5.65. The monoisotopic (exact) mass is 182 g/mol. The average Bonchev–Trinajstić information content (AvgIpc) is 2.00. The van der Waals surface area contributed by atoms with Crippen molar-refractivity contribution in [1.29, 1.82) is 0 Å². The molecule has 4 saturated carbocycles. The first-order valence-corrected chi connectivity index (χ1v) is 5.54. The van der Waals surface area contributed by atoms with Gasteiger partial charge in [-0.3, -0.25) is 0 Å². The maximum atomic E-state index is 9.47. The van der Waals surface area contributed by atoms with Gasteiger partial charge in [0.15, 0.2) is 6.29 Å². The second-order valence-electron chi connectivity index (χ2n) is 5.65. The molecule has 0 saturated heterocycles. The van der Waals surface area contributed by atoms with Crippen LogP contribution in [0.15, 0.2) is 0 Å². The van der Waals surface area contributed by atoms with Gasteiger partial charge in [-0.25, -0.2) is 0 Å². The summed E-state index contributed by atoms with van der Waals surface area (Å²) in [4.78, 5) is 0. The van der Waals surface area contributed by atoms with Gasteiger partial charge in [-0.1, -0.05) is 0 Å². The summed E-state index contributed by atoms with van der Waals surface area (Å²) in [6.45, 7) is 0. The van der Waals surface area contributed by atoms with Gasteiger partial charge in [0.1, 0.15) is 0 Å². The molecule has 4 bridgehead atoms. The van der Waals surface area contributed by atoms with E-state index >= 15 is 0 Å². The first-order chi connectivity index (χ1) is 6.18. The fourth-order valence-corrected chi connectivity index (χ4v) is 4.49. The van der Waals surface area contributed by atoms with Crippen LogP contribution in [0.5, 0.6) is 0 Å². The van der Waals surface area contributed by atoms with E-state index in [0.29, 0.717) is 0 Å². The molecular formula is C11H18O2. The van der Waals surface area contributed by atoms with Crippen molar-refractivity contribution in [3.8, 4) is 0 Å². The maximum Gasteiger partial charge on any atom is 0.157 e. The van der Waals surface area contributed by atoms with E-state index in [1.54, 1.807) is 0 Å². The van der Waals surface area contributed by atoms with Crippen LogP contribution in [0.2, 0.25) is 0 Å². The lowest BCUT2D eigenvalue weighted by molar-refractivity contribution is -0.203. The van der Waals surface area contributed by atoms with Crippen molar-refractivity contribution in [2.24, 2.45) is 23.2 Å². The molecule has 2 heteroatoms. The van der Waals surface area contributed by atoms with Crippen LogP contribution in [-0.4, -0.2) is 16.5 Å². The van der Waals surface area contributed by atoms with Crippen LogP contribution in [0.25, 0.3) is 0 Å². The van der Waals surface area contributed by atoms with Crippen LogP contribution in [-0.2, 0) is 0 Å². The molecule has 4 fully saturated rings. The lowest BCUT2D eigenvalue weighted by atomic mass is 9.49. The fourth-order valence-electron chi connectivity index (χ4n) is 4.49. The third kappa shape index (κ3) is 1.08. The maximum absolute atomic E-state index is 9.47. The van der Waals surface area contributed by atoms with Gasteiger partial charge < -0.3 is 10.2 Å². The largest absolute Gasteiger partial charge is 0.368 e. The van der Waals surface area contributed by atoms with E-state index < -0.39 is 6.29 Å². The molecule has 4 rings (SSSR count). The summed E-state index contributed by atoms with van der Waals surface area (Å²) in [5, 5.41) is 18.9. The molecule has 74 valence electrons. The van der Waals surface area contributed by atoms with E-state index in [-0.39, 0.29) is 5.41 Å².